The first kappa shape index (κ1) is 12.7. The molecule has 1 unspecified atom stereocenters. The van der Waals surface area contributed by atoms with Crippen LogP contribution in [0.1, 0.15) is 26.1 Å². The van der Waals surface area contributed by atoms with Gasteiger partial charge in [0.05, 0.1) is 17.6 Å². The SMILES string of the molecule is C#CCC(C)NCc1nc2ccccc2n1CC. The fourth-order valence-electron chi connectivity index (χ4n) is 2.13. The van der Waals surface area contributed by atoms with Crippen molar-refractivity contribution in [3.8, 4) is 12.3 Å². The number of imidazole rings is 1. The van der Waals surface area contributed by atoms with Crippen LogP contribution in [0.15, 0.2) is 24.3 Å². The normalized spacial score (nSPS) is 12.5. The van der Waals surface area contributed by atoms with Crippen LogP contribution < -0.4 is 5.32 Å². The molecule has 0 fully saturated rings. The Balaban J connectivity index is 2.20. The molecule has 0 aliphatic carbocycles. The molecule has 94 valence electrons. The van der Waals surface area contributed by atoms with Crippen LogP contribution in [0.5, 0.6) is 0 Å². The van der Waals surface area contributed by atoms with Crippen molar-refractivity contribution in [1.82, 2.24) is 14.9 Å². The third-order valence-corrected chi connectivity index (χ3v) is 3.08. The molecule has 1 heterocycles. The van der Waals surface area contributed by atoms with Crippen LogP contribution in [-0.4, -0.2) is 15.6 Å². The molecule has 3 heteroatoms. The van der Waals surface area contributed by atoms with Gasteiger partial charge in [-0.1, -0.05) is 12.1 Å². The minimum Gasteiger partial charge on any atom is -0.327 e. The minimum absolute atomic E-state index is 0.320. The Morgan fingerprint density at radius 1 is 1.44 bits per heavy atom. The average Bonchev–Trinajstić information content (AvgIpc) is 2.74. The quantitative estimate of drug-likeness (QED) is 0.815. The first-order chi connectivity index (χ1) is 8.76. The summed E-state index contributed by atoms with van der Waals surface area (Å²) in [5.74, 6) is 3.74. The molecule has 0 spiro atoms. The largest absolute Gasteiger partial charge is 0.327 e. The van der Waals surface area contributed by atoms with Crippen molar-refractivity contribution in [3.63, 3.8) is 0 Å². The first-order valence-electron chi connectivity index (χ1n) is 6.37. The molecule has 1 aromatic carbocycles. The lowest BCUT2D eigenvalue weighted by molar-refractivity contribution is 0.532. The Morgan fingerprint density at radius 3 is 2.94 bits per heavy atom. The highest BCUT2D eigenvalue weighted by molar-refractivity contribution is 5.75. The van der Waals surface area contributed by atoms with Crippen molar-refractivity contribution >= 4 is 11.0 Å². The second kappa shape index (κ2) is 5.70. The van der Waals surface area contributed by atoms with Crippen molar-refractivity contribution in [2.24, 2.45) is 0 Å². The number of aryl methyl sites for hydroxylation is 1. The van der Waals surface area contributed by atoms with Gasteiger partial charge in [-0.15, -0.1) is 12.3 Å². The van der Waals surface area contributed by atoms with Crippen LogP contribution in [0.4, 0.5) is 0 Å². The predicted molar refractivity (Wildman–Crippen MR) is 75.2 cm³/mol. The maximum Gasteiger partial charge on any atom is 0.123 e. The van der Waals surface area contributed by atoms with E-state index in [0.29, 0.717) is 6.04 Å². The Bertz CT molecular complexity index is 563. The zero-order valence-electron chi connectivity index (χ0n) is 11.0. The molecule has 0 saturated heterocycles. The van der Waals surface area contributed by atoms with Crippen molar-refractivity contribution in [2.45, 2.75) is 39.4 Å². The van der Waals surface area contributed by atoms with Gasteiger partial charge in [0.2, 0.25) is 0 Å². The number of benzene rings is 1. The fraction of sp³-hybridized carbons (Fsp3) is 0.400. The first-order valence-corrected chi connectivity index (χ1v) is 6.37. The third-order valence-electron chi connectivity index (χ3n) is 3.08. The topological polar surface area (TPSA) is 29.9 Å². The smallest absolute Gasteiger partial charge is 0.123 e. The van der Waals surface area contributed by atoms with Crippen molar-refractivity contribution in [1.29, 1.82) is 0 Å². The second-order valence-electron chi connectivity index (χ2n) is 4.45. The molecule has 0 saturated carbocycles. The standard InChI is InChI=1S/C15H19N3/c1-4-8-12(3)16-11-15-17-13-9-6-7-10-14(13)18(15)5-2/h1,6-7,9-10,12,16H,5,8,11H2,2-3H3. The average molecular weight is 241 g/mol. The summed E-state index contributed by atoms with van der Waals surface area (Å²) >= 11 is 0. The number of rotatable bonds is 5. The van der Waals surface area contributed by atoms with Gasteiger partial charge in [-0.25, -0.2) is 4.98 Å². The Hall–Kier alpha value is -1.79. The number of aromatic nitrogens is 2. The van der Waals surface area contributed by atoms with E-state index in [4.69, 9.17) is 6.42 Å². The summed E-state index contributed by atoms with van der Waals surface area (Å²) in [4.78, 5) is 4.66. The van der Waals surface area contributed by atoms with E-state index in [-0.39, 0.29) is 0 Å². The molecular weight excluding hydrogens is 222 g/mol. The summed E-state index contributed by atoms with van der Waals surface area (Å²) in [5.41, 5.74) is 2.25. The van der Waals surface area contributed by atoms with Gasteiger partial charge in [0.25, 0.3) is 0 Å². The number of para-hydroxylation sites is 2. The summed E-state index contributed by atoms with van der Waals surface area (Å²) in [5, 5.41) is 3.41. The van der Waals surface area contributed by atoms with E-state index in [0.717, 1.165) is 30.9 Å². The zero-order valence-corrected chi connectivity index (χ0v) is 11.0. The number of fused-ring (bicyclic) bond motifs is 1. The van der Waals surface area contributed by atoms with Gasteiger partial charge in [-0.2, -0.15) is 0 Å². The molecule has 0 bridgehead atoms. The van der Waals surface area contributed by atoms with Crippen LogP contribution in [-0.2, 0) is 13.1 Å². The molecule has 3 nitrogen and oxygen atoms in total. The fourth-order valence-corrected chi connectivity index (χ4v) is 2.13. The molecule has 0 radical (unpaired) electrons. The summed E-state index contributed by atoms with van der Waals surface area (Å²) in [7, 11) is 0. The van der Waals surface area contributed by atoms with Crippen LogP contribution in [0.2, 0.25) is 0 Å². The van der Waals surface area contributed by atoms with Crippen LogP contribution >= 0.6 is 0 Å². The molecule has 1 aromatic heterocycles. The maximum atomic E-state index is 5.30. The molecule has 0 aliphatic heterocycles. The molecule has 0 aliphatic rings. The van der Waals surface area contributed by atoms with Crippen LogP contribution in [0.25, 0.3) is 11.0 Å². The molecular formula is C15H19N3. The number of nitrogens with zero attached hydrogens (tertiary/aromatic N) is 2. The highest BCUT2D eigenvalue weighted by Gasteiger charge is 2.09. The van der Waals surface area contributed by atoms with Gasteiger partial charge in [-0.3, -0.25) is 0 Å². The molecule has 1 atom stereocenters. The van der Waals surface area contributed by atoms with Crippen LogP contribution in [0.3, 0.4) is 0 Å². The van der Waals surface area contributed by atoms with Gasteiger partial charge in [0.15, 0.2) is 0 Å². The molecule has 18 heavy (non-hydrogen) atoms. The zero-order chi connectivity index (χ0) is 13.0. The lowest BCUT2D eigenvalue weighted by Crippen LogP contribution is -2.26. The summed E-state index contributed by atoms with van der Waals surface area (Å²) in [6, 6.07) is 8.55. The highest BCUT2D eigenvalue weighted by Crippen LogP contribution is 2.15. The predicted octanol–water partition coefficient (Wildman–Crippen LogP) is 2.56. The molecule has 2 aromatic rings. The van der Waals surface area contributed by atoms with E-state index in [2.05, 4.69) is 46.8 Å². The maximum absolute atomic E-state index is 5.30. The lowest BCUT2D eigenvalue weighted by Gasteiger charge is -2.11. The van der Waals surface area contributed by atoms with E-state index >= 15 is 0 Å². The molecule has 2 rings (SSSR count). The van der Waals surface area contributed by atoms with Gasteiger partial charge < -0.3 is 9.88 Å². The van der Waals surface area contributed by atoms with Crippen molar-refractivity contribution in [3.05, 3.63) is 30.1 Å². The minimum atomic E-state index is 0.320. The van der Waals surface area contributed by atoms with E-state index in [1.807, 2.05) is 12.1 Å². The Morgan fingerprint density at radius 2 is 2.22 bits per heavy atom. The summed E-state index contributed by atoms with van der Waals surface area (Å²) < 4.78 is 2.24. The van der Waals surface area contributed by atoms with Crippen molar-refractivity contribution in [2.75, 3.05) is 0 Å². The van der Waals surface area contributed by atoms with Gasteiger partial charge in [0, 0.05) is 19.0 Å². The van der Waals surface area contributed by atoms with E-state index in [1.165, 1.54) is 5.52 Å². The number of terminal acetylenes is 1. The monoisotopic (exact) mass is 241 g/mol. The third kappa shape index (κ3) is 2.55. The van der Waals surface area contributed by atoms with Crippen molar-refractivity contribution < 1.29 is 0 Å². The summed E-state index contributed by atoms with van der Waals surface area (Å²) in [6.45, 7) is 5.92. The van der Waals surface area contributed by atoms with Gasteiger partial charge in [0.1, 0.15) is 5.82 Å². The van der Waals surface area contributed by atoms with E-state index in [9.17, 15) is 0 Å². The van der Waals surface area contributed by atoms with Crippen LogP contribution in [0, 0.1) is 12.3 Å². The highest BCUT2D eigenvalue weighted by atomic mass is 15.1. The number of nitrogens with one attached hydrogen (secondary N) is 1. The molecule has 0 amide bonds. The number of hydrogen-bond donors (Lipinski definition) is 1. The van der Waals surface area contributed by atoms with Gasteiger partial charge in [-0.05, 0) is 26.0 Å². The van der Waals surface area contributed by atoms with E-state index in [1.54, 1.807) is 0 Å². The number of hydrogen-bond acceptors (Lipinski definition) is 2. The lowest BCUT2D eigenvalue weighted by atomic mass is 10.2. The molecule has 1 N–H and O–H groups in total. The Labute approximate surface area is 108 Å². The van der Waals surface area contributed by atoms with E-state index < -0.39 is 0 Å². The summed E-state index contributed by atoms with van der Waals surface area (Å²) in [6.07, 6.45) is 6.05. The van der Waals surface area contributed by atoms with Gasteiger partial charge >= 0.3 is 0 Å². The second-order valence-corrected chi connectivity index (χ2v) is 4.45. The Kier molecular flexibility index (Phi) is 4.01.